The second-order valence-electron chi connectivity index (χ2n) is 4.53. The molecule has 1 unspecified atom stereocenters. The molecule has 1 aromatic rings. The molecule has 1 rings (SSSR count). The first-order valence-corrected chi connectivity index (χ1v) is 6.07. The van der Waals surface area contributed by atoms with Crippen LogP contribution in [0.5, 0.6) is 5.75 Å². The summed E-state index contributed by atoms with van der Waals surface area (Å²) in [5.74, 6) is -0.827. The molecule has 0 aliphatic heterocycles. The van der Waals surface area contributed by atoms with Gasteiger partial charge < -0.3 is 4.74 Å². The van der Waals surface area contributed by atoms with Crippen LogP contribution in [0.3, 0.4) is 0 Å². The van der Waals surface area contributed by atoms with Gasteiger partial charge in [0.05, 0.1) is 12.1 Å². The number of alkyl halides is 3. The van der Waals surface area contributed by atoms with Crippen molar-refractivity contribution in [3.63, 3.8) is 0 Å². The largest absolute Gasteiger partial charge is 0.573 e. The SMILES string of the molecule is C=CCC(C#N)(C#N)C(C)c1ccc(OC(F)(F)F)cc1. The maximum absolute atomic E-state index is 12.1. The predicted molar refractivity (Wildman–Crippen MR) is 70.0 cm³/mol. The zero-order chi connectivity index (χ0) is 16.1. The molecule has 0 saturated carbocycles. The van der Waals surface area contributed by atoms with Gasteiger partial charge in [-0.05, 0) is 24.1 Å². The number of ether oxygens (including phenoxy) is 1. The maximum atomic E-state index is 12.1. The molecule has 6 heteroatoms. The highest BCUT2D eigenvalue weighted by Crippen LogP contribution is 2.38. The van der Waals surface area contributed by atoms with E-state index in [-0.39, 0.29) is 12.2 Å². The van der Waals surface area contributed by atoms with Crippen LogP contribution in [-0.2, 0) is 0 Å². The molecule has 0 bridgehead atoms. The van der Waals surface area contributed by atoms with E-state index in [2.05, 4.69) is 11.3 Å². The number of allylic oxidation sites excluding steroid dienone is 1. The average molecular weight is 294 g/mol. The van der Waals surface area contributed by atoms with E-state index in [1.54, 1.807) is 6.92 Å². The minimum absolute atomic E-state index is 0.169. The van der Waals surface area contributed by atoms with Crippen LogP contribution in [0.4, 0.5) is 13.2 Å². The molecule has 0 saturated heterocycles. The molecule has 0 heterocycles. The Morgan fingerprint density at radius 3 is 2.14 bits per heavy atom. The lowest BCUT2D eigenvalue weighted by Crippen LogP contribution is -2.23. The first-order valence-electron chi connectivity index (χ1n) is 6.07. The van der Waals surface area contributed by atoms with E-state index in [1.807, 2.05) is 12.1 Å². The second-order valence-corrected chi connectivity index (χ2v) is 4.53. The van der Waals surface area contributed by atoms with Gasteiger partial charge in [-0.3, -0.25) is 0 Å². The number of benzene rings is 1. The van der Waals surface area contributed by atoms with Crippen molar-refractivity contribution in [1.29, 1.82) is 10.5 Å². The van der Waals surface area contributed by atoms with Crippen molar-refractivity contribution in [2.45, 2.75) is 25.6 Å². The van der Waals surface area contributed by atoms with Crippen molar-refractivity contribution >= 4 is 0 Å². The molecule has 110 valence electrons. The van der Waals surface area contributed by atoms with Gasteiger partial charge in [0.2, 0.25) is 0 Å². The van der Waals surface area contributed by atoms with E-state index in [9.17, 15) is 23.7 Å². The molecule has 1 aromatic carbocycles. The highest BCUT2D eigenvalue weighted by Gasteiger charge is 2.37. The lowest BCUT2D eigenvalue weighted by atomic mass is 9.73. The van der Waals surface area contributed by atoms with E-state index in [0.29, 0.717) is 5.56 Å². The third kappa shape index (κ3) is 4.00. The van der Waals surface area contributed by atoms with Gasteiger partial charge in [-0.25, -0.2) is 0 Å². The summed E-state index contributed by atoms with van der Waals surface area (Å²) in [5.41, 5.74) is -0.719. The summed E-state index contributed by atoms with van der Waals surface area (Å²) in [6, 6.07) is 9.10. The quantitative estimate of drug-likeness (QED) is 0.761. The van der Waals surface area contributed by atoms with E-state index >= 15 is 0 Å². The molecule has 0 spiro atoms. The molecule has 0 radical (unpaired) electrons. The third-order valence-corrected chi connectivity index (χ3v) is 3.22. The molecular formula is C15H13F3N2O. The molecular weight excluding hydrogens is 281 g/mol. The predicted octanol–water partition coefficient (Wildman–Crippen LogP) is 4.30. The number of hydrogen-bond donors (Lipinski definition) is 0. The van der Waals surface area contributed by atoms with Crippen LogP contribution >= 0.6 is 0 Å². The van der Waals surface area contributed by atoms with Gasteiger partial charge >= 0.3 is 6.36 Å². The van der Waals surface area contributed by atoms with Gasteiger partial charge in [0.25, 0.3) is 0 Å². The fraction of sp³-hybridized carbons (Fsp3) is 0.333. The highest BCUT2D eigenvalue weighted by atomic mass is 19.4. The molecule has 0 aliphatic carbocycles. The summed E-state index contributed by atoms with van der Waals surface area (Å²) < 4.78 is 40.0. The van der Waals surface area contributed by atoms with Gasteiger partial charge in [0.1, 0.15) is 5.75 Å². The fourth-order valence-corrected chi connectivity index (χ4v) is 1.96. The van der Waals surface area contributed by atoms with Crippen molar-refractivity contribution in [1.82, 2.24) is 0 Å². The van der Waals surface area contributed by atoms with Crippen molar-refractivity contribution in [2.24, 2.45) is 5.41 Å². The number of nitriles is 2. The van der Waals surface area contributed by atoms with E-state index in [1.165, 1.54) is 18.2 Å². The van der Waals surface area contributed by atoms with Crippen LogP contribution in [0.2, 0.25) is 0 Å². The van der Waals surface area contributed by atoms with E-state index in [4.69, 9.17) is 0 Å². The maximum Gasteiger partial charge on any atom is 0.573 e. The van der Waals surface area contributed by atoms with Crippen LogP contribution in [0, 0.1) is 28.1 Å². The molecule has 0 N–H and O–H groups in total. The molecule has 1 atom stereocenters. The lowest BCUT2D eigenvalue weighted by Gasteiger charge is -2.25. The lowest BCUT2D eigenvalue weighted by molar-refractivity contribution is -0.274. The summed E-state index contributed by atoms with van der Waals surface area (Å²) in [5, 5.41) is 18.5. The van der Waals surface area contributed by atoms with Crippen molar-refractivity contribution in [2.75, 3.05) is 0 Å². The highest BCUT2D eigenvalue weighted by molar-refractivity contribution is 5.34. The summed E-state index contributed by atoms with van der Waals surface area (Å²) in [7, 11) is 0. The average Bonchev–Trinajstić information content (AvgIpc) is 2.43. The zero-order valence-electron chi connectivity index (χ0n) is 11.3. The van der Waals surface area contributed by atoms with E-state index < -0.39 is 17.7 Å². The number of halogens is 3. The monoisotopic (exact) mass is 294 g/mol. The summed E-state index contributed by atoms with van der Waals surface area (Å²) in [6.45, 7) is 5.20. The van der Waals surface area contributed by atoms with E-state index in [0.717, 1.165) is 12.1 Å². The molecule has 3 nitrogen and oxygen atoms in total. The van der Waals surface area contributed by atoms with Crippen molar-refractivity contribution in [3.05, 3.63) is 42.5 Å². The Hall–Kier alpha value is -2.47. The Morgan fingerprint density at radius 1 is 1.24 bits per heavy atom. The Labute approximate surface area is 120 Å². The van der Waals surface area contributed by atoms with Crippen molar-refractivity contribution in [3.8, 4) is 17.9 Å². The smallest absolute Gasteiger partial charge is 0.406 e. The summed E-state index contributed by atoms with van der Waals surface area (Å²) >= 11 is 0. The first-order chi connectivity index (χ1) is 9.78. The van der Waals surface area contributed by atoms with Gasteiger partial charge in [-0.1, -0.05) is 25.1 Å². The third-order valence-electron chi connectivity index (χ3n) is 3.22. The summed E-state index contributed by atoms with van der Waals surface area (Å²) in [4.78, 5) is 0. The van der Waals surface area contributed by atoms with Crippen LogP contribution in [0.1, 0.15) is 24.8 Å². The zero-order valence-corrected chi connectivity index (χ0v) is 11.3. The van der Waals surface area contributed by atoms with Gasteiger partial charge in [-0.15, -0.1) is 19.8 Å². The number of hydrogen-bond acceptors (Lipinski definition) is 3. The minimum atomic E-state index is -4.75. The fourth-order valence-electron chi connectivity index (χ4n) is 1.96. The summed E-state index contributed by atoms with van der Waals surface area (Å²) in [6.07, 6.45) is -3.11. The molecule has 0 aliphatic rings. The molecule has 0 amide bonds. The number of rotatable bonds is 5. The Bertz CT molecular complexity index is 565. The Morgan fingerprint density at radius 2 is 1.76 bits per heavy atom. The normalized spacial score (nSPS) is 12.9. The van der Waals surface area contributed by atoms with Crippen LogP contribution in [-0.4, -0.2) is 6.36 Å². The van der Waals surface area contributed by atoms with Crippen molar-refractivity contribution < 1.29 is 17.9 Å². The van der Waals surface area contributed by atoms with Gasteiger partial charge in [-0.2, -0.15) is 10.5 Å². The van der Waals surface area contributed by atoms with Gasteiger partial charge in [0.15, 0.2) is 5.41 Å². The molecule has 0 aromatic heterocycles. The Kier molecular flexibility index (Phi) is 4.99. The standard InChI is InChI=1S/C15H13F3N2O/c1-3-8-14(9-19,10-20)11(2)12-4-6-13(7-5-12)21-15(16,17)18/h3-7,11H,1,8H2,2H3. The Balaban J connectivity index is 3.04. The minimum Gasteiger partial charge on any atom is -0.406 e. The molecule has 0 fully saturated rings. The van der Waals surface area contributed by atoms with Gasteiger partial charge in [0, 0.05) is 5.92 Å². The first kappa shape index (κ1) is 16.6. The van der Waals surface area contributed by atoms with Crippen LogP contribution in [0.25, 0.3) is 0 Å². The molecule has 21 heavy (non-hydrogen) atoms. The van der Waals surface area contributed by atoms with Crippen LogP contribution in [0.15, 0.2) is 36.9 Å². The topological polar surface area (TPSA) is 56.8 Å². The second kappa shape index (κ2) is 6.32. The van der Waals surface area contributed by atoms with Crippen LogP contribution < -0.4 is 4.74 Å². The number of nitrogens with zero attached hydrogens (tertiary/aromatic N) is 2.